The van der Waals surface area contributed by atoms with E-state index < -0.39 is 5.60 Å². The second-order valence-electron chi connectivity index (χ2n) is 8.31. The predicted molar refractivity (Wildman–Crippen MR) is 99.8 cm³/mol. The van der Waals surface area contributed by atoms with Gasteiger partial charge in [-0.05, 0) is 45.7 Å². The Labute approximate surface area is 150 Å². The summed E-state index contributed by atoms with van der Waals surface area (Å²) in [6.07, 6.45) is 0.625. The molecule has 1 aliphatic heterocycles. The molecule has 0 aromatic heterocycles. The maximum absolute atomic E-state index is 12.3. The molecule has 0 aliphatic carbocycles. The summed E-state index contributed by atoms with van der Waals surface area (Å²) >= 11 is 6.35. The first-order valence-electron chi connectivity index (χ1n) is 8.49. The molecule has 1 N–H and O–H groups in total. The monoisotopic (exact) mass is 352 g/mol. The Morgan fingerprint density at radius 3 is 2.58 bits per heavy atom. The van der Waals surface area contributed by atoms with Crippen LogP contribution in [0.3, 0.4) is 0 Å². The number of halogens is 1. The standard InChI is InChI=1S/C19H29ClN2O2/c1-13-8-7-9-14(20)16(13)21-15-10-11-22(12-19(15,5)6)17(23)24-18(2,3)4/h7-9,15,21H,10-12H2,1-6H3. The van der Waals surface area contributed by atoms with Crippen molar-refractivity contribution in [3.8, 4) is 0 Å². The average molecular weight is 353 g/mol. The third kappa shape index (κ3) is 4.56. The van der Waals surface area contributed by atoms with Crippen LogP contribution < -0.4 is 5.32 Å². The fraction of sp³-hybridized carbons (Fsp3) is 0.632. The molecule has 1 aromatic carbocycles. The molecule has 1 aromatic rings. The molecule has 1 unspecified atom stereocenters. The second-order valence-corrected chi connectivity index (χ2v) is 8.72. The van der Waals surface area contributed by atoms with E-state index in [0.717, 1.165) is 22.7 Å². The molecule has 4 nitrogen and oxygen atoms in total. The summed E-state index contributed by atoms with van der Waals surface area (Å²) in [5, 5.41) is 4.34. The molecule has 24 heavy (non-hydrogen) atoms. The molecule has 5 heteroatoms. The number of aryl methyl sites for hydroxylation is 1. The van der Waals surface area contributed by atoms with Gasteiger partial charge in [0.05, 0.1) is 10.7 Å². The van der Waals surface area contributed by atoms with Crippen LogP contribution in [-0.2, 0) is 4.74 Å². The lowest BCUT2D eigenvalue weighted by molar-refractivity contribution is 0.00691. The number of nitrogens with one attached hydrogen (secondary N) is 1. The van der Waals surface area contributed by atoms with Gasteiger partial charge in [0.25, 0.3) is 0 Å². The number of nitrogens with zero attached hydrogens (tertiary/aromatic N) is 1. The molecule has 1 aliphatic rings. The quantitative estimate of drug-likeness (QED) is 0.805. The highest BCUT2D eigenvalue weighted by molar-refractivity contribution is 6.33. The van der Waals surface area contributed by atoms with Crippen molar-refractivity contribution in [1.82, 2.24) is 4.90 Å². The number of carbonyl (C=O) groups excluding carboxylic acids is 1. The molecule has 1 fully saturated rings. The van der Waals surface area contributed by atoms with Gasteiger partial charge in [-0.3, -0.25) is 0 Å². The van der Waals surface area contributed by atoms with Gasteiger partial charge in [0.2, 0.25) is 0 Å². The molecular weight excluding hydrogens is 324 g/mol. The maximum Gasteiger partial charge on any atom is 0.410 e. The molecule has 1 heterocycles. The van der Waals surface area contributed by atoms with E-state index in [9.17, 15) is 4.79 Å². The lowest BCUT2D eigenvalue weighted by Gasteiger charge is -2.45. The molecule has 2 rings (SSSR count). The largest absolute Gasteiger partial charge is 0.444 e. The normalized spacial score (nSPS) is 20.6. The second kappa shape index (κ2) is 6.83. The van der Waals surface area contributed by atoms with E-state index in [-0.39, 0.29) is 17.6 Å². The number of hydrogen-bond donors (Lipinski definition) is 1. The van der Waals surface area contributed by atoms with E-state index in [0.29, 0.717) is 13.1 Å². The number of likely N-dealkylation sites (tertiary alicyclic amines) is 1. The van der Waals surface area contributed by atoms with Crippen molar-refractivity contribution in [2.24, 2.45) is 5.41 Å². The van der Waals surface area contributed by atoms with Crippen LogP contribution in [0.5, 0.6) is 0 Å². The Balaban J connectivity index is 2.08. The highest BCUT2D eigenvalue weighted by Crippen LogP contribution is 2.35. The Hall–Kier alpha value is -1.42. The minimum absolute atomic E-state index is 0.0826. The first kappa shape index (κ1) is 18.9. The van der Waals surface area contributed by atoms with E-state index in [1.54, 1.807) is 0 Å². The van der Waals surface area contributed by atoms with Crippen LogP contribution in [0.1, 0.15) is 46.6 Å². The molecule has 1 atom stereocenters. The third-order valence-corrected chi connectivity index (χ3v) is 4.74. The summed E-state index contributed by atoms with van der Waals surface area (Å²) in [7, 11) is 0. The van der Waals surface area contributed by atoms with Gasteiger partial charge in [0.1, 0.15) is 5.60 Å². The van der Waals surface area contributed by atoms with Crippen molar-refractivity contribution >= 4 is 23.4 Å². The van der Waals surface area contributed by atoms with Crippen molar-refractivity contribution in [2.45, 2.75) is 59.6 Å². The Kier molecular flexibility index (Phi) is 5.38. The summed E-state index contributed by atoms with van der Waals surface area (Å²) in [4.78, 5) is 14.1. The number of para-hydroxylation sites is 1. The van der Waals surface area contributed by atoms with Crippen LogP contribution in [-0.4, -0.2) is 35.7 Å². The highest BCUT2D eigenvalue weighted by Gasteiger charge is 2.39. The average Bonchev–Trinajstić information content (AvgIpc) is 2.42. The Bertz CT molecular complexity index is 588. The van der Waals surface area contributed by atoms with E-state index in [2.05, 4.69) is 32.2 Å². The SMILES string of the molecule is Cc1cccc(Cl)c1NC1CCN(C(=O)OC(C)(C)C)CC1(C)C. The minimum Gasteiger partial charge on any atom is -0.444 e. The molecular formula is C19H29ClN2O2. The number of rotatable bonds is 2. The Morgan fingerprint density at radius 1 is 1.38 bits per heavy atom. The molecule has 134 valence electrons. The topological polar surface area (TPSA) is 41.6 Å². The van der Waals surface area contributed by atoms with Gasteiger partial charge in [-0.25, -0.2) is 4.79 Å². The number of ether oxygens (including phenoxy) is 1. The van der Waals surface area contributed by atoms with Crippen molar-refractivity contribution in [2.75, 3.05) is 18.4 Å². The summed E-state index contributed by atoms with van der Waals surface area (Å²) in [5.74, 6) is 0. The zero-order valence-electron chi connectivity index (χ0n) is 15.6. The lowest BCUT2D eigenvalue weighted by atomic mass is 9.79. The summed E-state index contributed by atoms with van der Waals surface area (Å²) in [6, 6.07) is 6.16. The molecule has 0 spiro atoms. The van der Waals surface area contributed by atoms with Crippen LogP contribution in [0.2, 0.25) is 5.02 Å². The fourth-order valence-corrected chi connectivity index (χ4v) is 3.37. The van der Waals surface area contributed by atoms with Crippen LogP contribution in [0.25, 0.3) is 0 Å². The number of benzene rings is 1. The van der Waals surface area contributed by atoms with E-state index in [4.69, 9.17) is 16.3 Å². The number of amides is 1. The highest BCUT2D eigenvalue weighted by atomic mass is 35.5. The van der Waals surface area contributed by atoms with Gasteiger partial charge in [-0.2, -0.15) is 0 Å². The van der Waals surface area contributed by atoms with E-state index >= 15 is 0 Å². The number of anilines is 1. The molecule has 0 saturated carbocycles. The van der Waals surface area contributed by atoms with Gasteiger partial charge in [0, 0.05) is 24.5 Å². The van der Waals surface area contributed by atoms with Crippen LogP contribution >= 0.6 is 11.6 Å². The first-order chi connectivity index (χ1) is 11.0. The number of piperidine rings is 1. The molecule has 0 bridgehead atoms. The van der Waals surface area contributed by atoms with Crippen molar-refractivity contribution in [3.05, 3.63) is 28.8 Å². The lowest BCUT2D eigenvalue weighted by Crippen LogP contribution is -2.54. The van der Waals surface area contributed by atoms with Crippen LogP contribution in [0, 0.1) is 12.3 Å². The van der Waals surface area contributed by atoms with Gasteiger partial charge in [-0.15, -0.1) is 0 Å². The number of carbonyl (C=O) groups is 1. The predicted octanol–water partition coefficient (Wildman–Crippen LogP) is 5.10. The molecule has 1 saturated heterocycles. The number of hydrogen-bond acceptors (Lipinski definition) is 3. The minimum atomic E-state index is -0.467. The van der Waals surface area contributed by atoms with Crippen molar-refractivity contribution < 1.29 is 9.53 Å². The van der Waals surface area contributed by atoms with Crippen molar-refractivity contribution in [1.29, 1.82) is 0 Å². The van der Waals surface area contributed by atoms with Gasteiger partial charge >= 0.3 is 6.09 Å². The zero-order chi connectivity index (χ0) is 18.1. The third-order valence-electron chi connectivity index (χ3n) is 4.42. The summed E-state index contributed by atoms with van der Waals surface area (Å²) in [6.45, 7) is 13.4. The first-order valence-corrected chi connectivity index (χ1v) is 8.87. The zero-order valence-corrected chi connectivity index (χ0v) is 16.3. The van der Waals surface area contributed by atoms with E-state index in [1.165, 1.54) is 0 Å². The summed E-state index contributed by atoms with van der Waals surface area (Å²) < 4.78 is 5.51. The molecule has 0 radical (unpaired) electrons. The smallest absolute Gasteiger partial charge is 0.410 e. The molecule has 1 amide bonds. The fourth-order valence-electron chi connectivity index (χ4n) is 3.10. The Morgan fingerprint density at radius 2 is 2.04 bits per heavy atom. The summed E-state index contributed by atoms with van der Waals surface area (Å²) in [5.41, 5.74) is 1.57. The van der Waals surface area contributed by atoms with E-state index in [1.807, 2.05) is 37.8 Å². The van der Waals surface area contributed by atoms with Crippen LogP contribution in [0.15, 0.2) is 18.2 Å². The van der Waals surface area contributed by atoms with Crippen LogP contribution in [0.4, 0.5) is 10.5 Å². The van der Waals surface area contributed by atoms with Gasteiger partial charge < -0.3 is 15.0 Å². The van der Waals surface area contributed by atoms with Crippen molar-refractivity contribution in [3.63, 3.8) is 0 Å². The maximum atomic E-state index is 12.3. The van der Waals surface area contributed by atoms with Gasteiger partial charge in [0.15, 0.2) is 0 Å². The van der Waals surface area contributed by atoms with Gasteiger partial charge in [-0.1, -0.05) is 37.6 Å².